The molecule has 0 amide bonds. The average molecular weight is 243 g/mol. The first-order valence-corrected chi connectivity index (χ1v) is 5.40. The van der Waals surface area contributed by atoms with E-state index in [1.807, 2.05) is 12.1 Å². The van der Waals surface area contributed by atoms with Gasteiger partial charge in [-0.2, -0.15) is 0 Å². The van der Waals surface area contributed by atoms with Crippen LogP contribution in [0.1, 0.15) is 18.9 Å². The molecule has 1 aromatic carbocycles. The number of rotatable bonds is 3. The molecule has 2 heteroatoms. The number of hydrogen-bond donors (Lipinski definition) is 0. The summed E-state index contributed by atoms with van der Waals surface area (Å²) >= 11 is 3.37. The van der Waals surface area contributed by atoms with Crippen LogP contribution < -0.4 is 0 Å². The van der Waals surface area contributed by atoms with Crippen LogP contribution in [0.2, 0.25) is 0 Å². The smallest absolute Gasteiger partial charge is 0.130 e. The van der Waals surface area contributed by atoms with E-state index in [2.05, 4.69) is 22.9 Å². The van der Waals surface area contributed by atoms with E-state index < -0.39 is 0 Å². The second-order valence-corrected chi connectivity index (χ2v) is 3.37. The van der Waals surface area contributed by atoms with Gasteiger partial charge in [-0.1, -0.05) is 52.7 Å². The van der Waals surface area contributed by atoms with E-state index in [1.165, 1.54) is 11.6 Å². The van der Waals surface area contributed by atoms with Gasteiger partial charge in [0.05, 0.1) is 0 Å². The summed E-state index contributed by atoms with van der Waals surface area (Å²) in [5.74, 6) is -0.158. The molecule has 0 saturated heterocycles. The van der Waals surface area contributed by atoms with Crippen molar-refractivity contribution in [3.63, 3.8) is 0 Å². The quantitative estimate of drug-likeness (QED) is 0.703. The molecule has 0 aromatic heterocycles. The molecule has 1 aromatic rings. The maximum Gasteiger partial charge on any atom is 0.130 e. The number of alkyl halides is 1. The minimum absolute atomic E-state index is 0.158. The van der Waals surface area contributed by atoms with Crippen molar-refractivity contribution >= 4 is 22.0 Å². The van der Waals surface area contributed by atoms with Crippen molar-refractivity contribution in [3.05, 3.63) is 41.2 Å². The molecule has 1 rings (SSSR count). The SMILES string of the molecule is CCC(=Cc1ccccc1F)CBr. The Hall–Kier alpha value is -0.630. The molecule has 70 valence electrons. The zero-order valence-electron chi connectivity index (χ0n) is 7.56. The van der Waals surface area contributed by atoms with Gasteiger partial charge in [0.2, 0.25) is 0 Å². The Balaban J connectivity index is 2.95. The van der Waals surface area contributed by atoms with Gasteiger partial charge in [0, 0.05) is 10.9 Å². The van der Waals surface area contributed by atoms with Gasteiger partial charge in [0.1, 0.15) is 5.82 Å². The Morgan fingerprint density at radius 1 is 1.46 bits per heavy atom. The molecule has 0 nitrogen and oxygen atoms in total. The Morgan fingerprint density at radius 3 is 2.69 bits per heavy atom. The van der Waals surface area contributed by atoms with Crippen LogP contribution in [0.15, 0.2) is 29.8 Å². The molecule has 13 heavy (non-hydrogen) atoms. The molecule has 0 aliphatic carbocycles. The van der Waals surface area contributed by atoms with Gasteiger partial charge in [-0.3, -0.25) is 0 Å². The Bertz CT molecular complexity index is 299. The molecular weight excluding hydrogens is 231 g/mol. The highest BCUT2D eigenvalue weighted by atomic mass is 79.9. The molecule has 0 aliphatic rings. The fourth-order valence-electron chi connectivity index (χ4n) is 1.05. The van der Waals surface area contributed by atoms with E-state index in [9.17, 15) is 4.39 Å². The first-order valence-electron chi connectivity index (χ1n) is 4.28. The summed E-state index contributed by atoms with van der Waals surface area (Å²) in [6.45, 7) is 2.06. The van der Waals surface area contributed by atoms with Crippen molar-refractivity contribution in [3.8, 4) is 0 Å². The predicted octanol–water partition coefficient (Wildman–Crippen LogP) is 4.01. The van der Waals surface area contributed by atoms with Crippen LogP contribution in [0.5, 0.6) is 0 Å². The molecular formula is C11H12BrF. The summed E-state index contributed by atoms with van der Waals surface area (Å²) in [7, 11) is 0. The second-order valence-electron chi connectivity index (χ2n) is 2.81. The van der Waals surface area contributed by atoms with Crippen LogP contribution >= 0.6 is 15.9 Å². The number of halogens is 2. The van der Waals surface area contributed by atoms with Gasteiger partial charge in [0.15, 0.2) is 0 Å². The average Bonchev–Trinajstić information content (AvgIpc) is 2.17. The predicted molar refractivity (Wildman–Crippen MR) is 58.5 cm³/mol. The van der Waals surface area contributed by atoms with Crippen LogP contribution in [0.3, 0.4) is 0 Å². The third kappa shape index (κ3) is 2.96. The van der Waals surface area contributed by atoms with Crippen molar-refractivity contribution < 1.29 is 4.39 Å². The zero-order valence-corrected chi connectivity index (χ0v) is 9.14. The van der Waals surface area contributed by atoms with E-state index >= 15 is 0 Å². The summed E-state index contributed by atoms with van der Waals surface area (Å²) in [5, 5.41) is 0.803. The molecule has 0 heterocycles. The third-order valence-electron chi connectivity index (χ3n) is 1.89. The second kappa shape index (κ2) is 5.18. The summed E-state index contributed by atoms with van der Waals surface area (Å²) in [6, 6.07) is 6.81. The topological polar surface area (TPSA) is 0 Å². The van der Waals surface area contributed by atoms with E-state index in [-0.39, 0.29) is 5.82 Å². The molecule has 0 atom stereocenters. The van der Waals surface area contributed by atoms with E-state index in [0.717, 1.165) is 11.8 Å². The van der Waals surface area contributed by atoms with Crippen molar-refractivity contribution in [1.29, 1.82) is 0 Å². The minimum Gasteiger partial charge on any atom is -0.206 e. The van der Waals surface area contributed by atoms with Crippen LogP contribution in [0.4, 0.5) is 4.39 Å². The van der Waals surface area contributed by atoms with Crippen molar-refractivity contribution in [2.45, 2.75) is 13.3 Å². The first-order chi connectivity index (χ1) is 6.27. The van der Waals surface area contributed by atoms with Crippen LogP contribution in [0, 0.1) is 5.82 Å². The Labute approximate surface area is 86.6 Å². The number of allylic oxidation sites excluding steroid dienone is 1. The maximum absolute atomic E-state index is 13.2. The van der Waals surface area contributed by atoms with Crippen LogP contribution in [-0.2, 0) is 0 Å². The normalized spacial score (nSPS) is 11.8. The first kappa shape index (κ1) is 10.5. The lowest BCUT2D eigenvalue weighted by atomic mass is 10.1. The molecule has 0 aliphatic heterocycles. The molecule has 0 bridgehead atoms. The standard InChI is InChI=1S/C11H12BrF/c1-2-9(8-12)7-10-5-3-4-6-11(10)13/h3-7H,2,8H2,1H3. The lowest BCUT2D eigenvalue weighted by Crippen LogP contribution is -1.85. The highest BCUT2D eigenvalue weighted by Crippen LogP contribution is 2.14. The highest BCUT2D eigenvalue weighted by molar-refractivity contribution is 9.09. The lowest BCUT2D eigenvalue weighted by Gasteiger charge is -2.00. The maximum atomic E-state index is 13.2. The van der Waals surface area contributed by atoms with E-state index in [1.54, 1.807) is 12.1 Å². The Kier molecular flexibility index (Phi) is 4.16. The van der Waals surface area contributed by atoms with Gasteiger partial charge in [0.25, 0.3) is 0 Å². The zero-order chi connectivity index (χ0) is 9.68. The van der Waals surface area contributed by atoms with Gasteiger partial charge >= 0.3 is 0 Å². The molecule has 0 fully saturated rings. The molecule has 0 saturated carbocycles. The fraction of sp³-hybridized carbons (Fsp3) is 0.273. The summed E-state index contributed by atoms with van der Waals surface area (Å²) in [6.07, 6.45) is 2.84. The molecule has 0 unspecified atom stereocenters. The summed E-state index contributed by atoms with van der Waals surface area (Å²) in [5.41, 5.74) is 1.86. The monoisotopic (exact) mass is 242 g/mol. The number of benzene rings is 1. The molecule has 0 N–H and O–H groups in total. The third-order valence-corrected chi connectivity index (χ3v) is 2.61. The van der Waals surface area contributed by atoms with Gasteiger partial charge in [-0.05, 0) is 12.5 Å². The highest BCUT2D eigenvalue weighted by Gasteiger charge is 1.98. The summed E-state index contributed by atoms with van der Waals surface area (Å²) in [4.78, 5) is 0. The molecule has 0 radical (unpaired) electrons. The molecule has 0 spiro atoms. The van der Waals surface area contributed by atoms with Gasteiger partial charge in [-0.15, -0.1) is 0 Å². The van der Waals surface area contributed by atoms with Crippen LogP contribution in [0.25, 0.3) is 6.08 Å². The minimum atomic E-state index is -0.158. The lowest BCUT2D eigenvalue weighted by molar-refractivity contribution is 0.625. The van der Waals surface area contributed by atoms with Gasteiger partial charge in [-0.25, -0.2) is 4.39 Å². The van der Waals surface area contributed by atoms with Crippen molar-refractivity contribution in [1.82, 2.24) is 0 Å². The largest absolute Gasteiger partial charge is 0.206 e. The van der Waals surface area contributed by atoms with E-state index in [4.69, 9.17) is 0 Å². The fourth-order valence-corrected chi connectivity index (χ4v) is 1.61. The number of hydrogen-bond acceptors (Lipinski definition) is 0. The van der Waals surface area contributed by atoms with Crippen molar-refractivity contribution in [2.75, 3.05) is 5.33 Å². The van der Waals surface area contributed by atoms with Crippen molar-refractivity contribution in [2.24, 2.45) is 0 Å². The van der Waals surface area contributed by atoms with Gasteiger partial charge < -0.3 is 0 Å². The van der Waals surface area contributed by atoms with E-state index in [0.29, 0.717) is 5.56 Å². The Morgan fingerprint density at radius 2 is 2.15 bits per heavy atom. The van der Waals surface area contributed by atoms with Crippen LogP contribution in [-0.4, -0.2) is 5.33 Å². The summed E-state index contributed by atoms with van der Waals surface area (Å²) < 4.78 is 13.2.